The first-order chi connectivity index (χ1) is 8.15. The van der Waals surface area contributed by atoms with Gasteiger partial charge in [-0.15, -0.1) is 0 Å². The van der Waals surface area contributed by atoms with Crippen LogP contribution in [0.4, 0.5) is 0 Å². The van der Waals surface area contributed by atoms with Crippen LogP contribution in [-0.4, -0.2) is 17.1 Å². The molecule has 0 radical (unpaired) electrons. The van der Waals surface area contributed by atoms with Gasteiger partial charge in [-0.05, 0) is 52.9 Å². The number of hydrogen-bond acceptors (Lipinski definition) is 3. The molecule has 0 aromatic carbocycles. The van der Waals surface area contributed by atoms with Crippen molar-refractivity contribution in [1.82, 2.24) is 0 Å². The van der Waals surface area contributed by atoms with E-state index in [2.05, 4.69) is 20.8 Å². The van der Waals surface area contributed by atoms with Gasteiger partial charge in [0.05, 0.1) is 5.41 Å². The fourth-order valence-electron chi connectivity index (χ4n) is 1.99. The summed E-state index contributed by atoms with van der Waals surface area (Å²) in [6.07, 6.45) is 1.40. The number of nitrogens with two attached hydrogens (primary N) is 1. The number of carbonyl (C=O) groups is 1. The van der Waals surface area contributed by atoms with Gasteiger partial charge in [0.15, 0.2) is 0 Å². The molecule has 3 nitrogen and oxygen atoms in total. The van der Waals surface area contributed by atoms with Gasteiger partial charge in [-0.25, -0.2) is 0 Å². The molecular weight excluding hydrogens is 238 g/mol. The highest BCUT2D eigenvalue weighted by atomic mass is 16.6. The largest absolute Gasteiger partial charge is 0.459 e. The molecule has 0 aromatic heterocycles. The summed E-state index contributed by atoms with van der Waals surface area (Å²) in [5.41, 5.74) is 4.51. The summed E-state index contributed by atoms with van der Waals surface area (Å²) in [5.74, 6) is -0.148. The van der Waals surface area contributed by atoms with Gasteiger partial charge in [0, 0.05) is 5.54 Å². The zero-order chi connectivity index (χ0) is 15.7. The normalized spacial score (nSPS) is 16.9. The molecule has 0 heterocycles. The van der Waals surface area contributed by atoms with E-state index in [1.54, 1.807) is 0 Å². The van der Waals surface area contributed by atoms with Gasteiger partial charge in [-0.2, -0.15) is 0 Å². The summed E-state index contributed by atoms with van der Waals surface area (Å²) < 4.78 is 5.73. The van der Waals surface area contributed by atoms with E-state index in [1.807, 2.05) is 41.5 Å². The molecule has 0 aliphatic rings. The Hall–Kier alpha value is -0.570. The maximum absolute atomic E-state index is 12.7. The molecule has 19 heavy (non-hydrogen) atoms. The van der Waals surface area contributed by atoms with Crippen LogP contribution in [0.2, 0.25) is 0 Å². The molecule has 0 saturated heterocycles. The number of hydrogen-bond donors (Lipinski definition) is 1. The fraction of sp³-hybridized carbons (Fsp3) is 0.938. The summed E-state index contributed by atoms with van der Waals surface area (Å²) in [6, 6.07) is 0. The van der Waals surface area contributed by atoms with Crippen LogP contribution in [0.25, 0.3) is 0 Å². The van der Waals surface area contributed by atoms with Gasteiger partial charge in [0.25, 0.3) is 0 Å². The maximum atomic E-state index is 12.7. The second kappa shape index (κ2) is 5.43. The first kappa shape index (κ1) is 18.4. The third-order valence-electron chi connectivity index (χ3n) is 4.14. The number of ether oxygens (including phenoxy) is 1. The average molecular weight is 271 g/mol. The molecule has 0 bridgehead atoms. The Labute approximate surface area is 119 Å². The SMILES string of the molecule is CCC(C)(C)OC(=O)C(C)(CC(C)(C)N)C(C)(C)C. The van der Waals surface area contributed by atoms with Gasteiger partial charge >= 0.3 is 5.97 Å². The number of carbonyl (C=O) groups excluding carboxylic acids is 1. The van der Waals surface area contributed by atoms with Crippen molar-refractivity contribution in [2.45, 2.75) is 86.3 Å². The minimum absolute atomic E-state index is 0.148. The quantitative estimate of drug-likeness (QED) is 0.772. The van der Waals surface area contributed by atoms with Crippen LogP contribution < -0.4 is 5.73 Å². The Morgan fingerprint density at radius 3 is 1.68 bits per heavy atom. The van der Waals surface area contributed by atoms with Crippen molar-refractivity contribution in [3.05, 3.63) is 0 Å². The van der Waals surface area contributed by atoms with E-state index in [9.17, 15) is 4.79 Å². The zero-order valence-corrected chi connectivity index (χ0v) is 14.3. The van der Waals surface area contributed by atoms with Crippen LogP contribution in [0, 0.1) is 10.8 Å². The Balaban J connectivity index is 5.34. The molecule has 0 aromatic rings. The van der Waals surface area contributed by atoms with E-state index in [0.717, 1.165) is 6.42 Å². The van der Waals surface area contributed by atoms with Crippen LogP contribution in [-0.2, 0) is 9.53 Å². The van der Waals surface area contributed by atoms with Crippen molar-refractivity contribution < 1.29 is 9.53 Å². The molecule has 0 fully saturated rings. The van der Waals surface area contributed by atoms with Crippen molar-refractivity contribution in [2.24, 2.45) is 16.6 Å². The maximum Gasteiger partial charge on any atom is 0.312 e. The standard InChI is InChI=1S/C16H33NO2/c1-10-15(7,8)19-12(18)16(9,13(2,3)4)11-14(5,6)17/h10-11,17H2,1-9H3. The topological polar surface area (TPSA) is 52.3 Å². The Kier molecular flexibility index (Phi) is 5.27. The van der Waals surface area contributed by atoms with Crippen LogP contribution in [0.1, 0.15) is 75.2 Å². The lowest BCUT2D eigenvalue weighted by atomic mass is 9.63. The van der Waals surface area contributed by atoms with Gasteiger partial charge < -0.3 is 10.5 Å². The summed E-state index contributed by atoms with van der Waals surface area (Å²) >= 11 is 0. The van der Waals surface area contributed by atoms with E-state index in [1.165, 1.54) is 0 Å². The molecule has 0 spiro atoms. The minimum Gasteiger partial charge on any atom is -0.459 e. The van der Waals surface area contributed by atoms with E-state index >= 15 is 0 Å². The molecule has 114 valence electrons. The van der Waals surface area contributed by atoms with Crippen molar-refractivity contribution in [3.8, 4) is 0 Å². The molecule has 2 N–H and O–H groups in total. The van der Waals surface area contributed by atoms with Crippen LogP contribution in [0.15, 0.2) is 0 Å². The molecule has 1 unspecified atom stereocenters. The lowest BCUT2D eigenvalue weighted by molar-refractivity contribution is -0.177. The lowest BCUT2D eigenvalue weighted by Gasteiger charge is -2.44. The fourth-order valence-corrected chi connectivity index (χ4v) is 1.99. The monoisotopic (exact) mass is 271 g/mol. The van der Waals surface area contributed by atoms with Gasteiger partial charge in [-0.1, -0.05) is 27.7 Å². The van der Waals surface area contributed by atoms with E-state index in [-0.39, 0.29) is 11.4 Å². The van der Waals surface area contributed by atoms with E-state index < -0.39 is 16.6 Å². The predicted octanol–water partition coefficient (Wildman–Crippen LogP) is 3.90. The smallest absolute Gasteiger partial charge is 0.312 e. The Bertz CT molecular complexity index is 321. The van der Waals surface area contributed by atoms with Gasteiger partial charge in [0.2, 0.25) is 0 Å². The first-order valence-electron chi connectivity index (χ1n) is 7.17. The highest BCUT2D eigenvalue weighted by Gasteiger charge is 2.49. The highest BCUT2D eigenvalue weighted by Crippen LogP contribution is 2.45. The van der Waals surface area contributed by atoms with E-state index in [0.29, 0.717) is 6.42 Å². The second-order valence-electron chi connectivity index (χ2n) is 8.25. The van der Waals surface area contributed by atoms with Gasteiger partial charge in [-0.3, -0.25) is 4.79 Å². The molecule has 0 aliphatic heterocycles. The summed E-state index contributed by atoms with van der Waals surface area (Å²) in [5, 5.41) is 0. The lowest BCUT2D eigenvalue weighted by Crippen LogP contribution is -2.50. The van der Waals surface area contributed by atoms with Crippen molar-refractivity contribution >= 4 is 5.97 Å². The average Bonchev–Trinajstić information content (AvgIpc) is 2.12. The summed E-state index contributed by atoms with van der Waals surface area (Å²) in [4.78, 5) is 12.7. The minimum atomic E-state index is -0.600. The van der Waals surface area contributed by atoms with Crippen molar-refractivity contribution in [1.29, 1.82) is 0 Å². The van der Waals surface area contributed by atoms with Crippen LogP contribution in [0.3, 0.4) is 0 Å². The van der Waals surface area contributed by atoms with Crippen LogP contribution >= 0.6 is 0 Å². The predicted molar refractivity (Wildman–Crippen MR) is 80.9 cm³/mol. The summed E-state index contributed by atoms with van der Waals surface area (Å²) in [6.45, 7) is 18.0. The van der Waals surface area contributed by atoms with E-state index in [4.69, 9.17) is 10.5 Å². The summed E-state index contributed by atoms with van der Waals surface area (Å²) in [7, 11) is 0. The van der Waals surface area contributed by atoms with Crippen molar-refractivity contribution in [3.63, 3.8) is 0 Å². The Morgan fingerprint density at radius 1 is 1.00 bits per heavy atom. The second-order valence-corrected chi connectivity index (χ2v) is 8.25. The van der Waals surface area contributed by atoms with Crippen molar-refractivity contribution in [2.75, 3.05) is 0 Å². The Morgan fingerprint density at radius 2 is 1.42 bits per heavy atom. The highest BCUT2D eigenvalue weighted by molar-refractivity contribution is 5.78. The molecule has 0 aliphatic carbocycles. The molecular formula is C16H33NO2. The first-order valence-corrected chi connectivity index (χ1v) is 7.17. The molecule has 0 saturated carbocycles. The third-order valence-corrected chi connectivity index (χ3v) is 4.14. The third kappa shape index (κ3) is 5.13. The van der Waals surface area contributed by atoms with Gasteiger partial charge in [0.1, 0.15) is 5.60 Å². The molecule has 0 rings (SSSR count). The molecule has 3 heteroatoms. The number of rotatable bonds is 5. The van der Waals surface area contributed by atoms with Crippen LogP contribution in [0.5, 0.6) is 0 Å². The molecule has 0 amide bonds. The zero-order valence-electron chi connectivity index (χ0n) is 14.3. The molecule has 1 atom stereocenters. The number of esters is 1.